The van der Waals surface area contributed by atoms with E-state index >= 15 is 0 Å². The molecule has 12 heavy (non-hydrogen) atoms. The molecule has 0 nitrogen and oxygen atoms in total. The van der Waals surface area contributed by atoms with Crippen LogP contribution in [-0.4, -0.2) is 0 Å². The SMILES string of the molecule is C=C(C)c1c(F)cccc1CC. The average Bonchev–Trinajstić information content (AvgIpc) is 2.03. The van der Waals surface area contributed by atoms with E-state index in [0.717, 1.165) is 17.6 Å². The Labute approximate surface area is 72.7 Å². The van der Waals surface area contributed by atoms with Crippen LogP contribution in [0.5, 0.6) is 0 Å². The summed E-state index contributed by atoms with van der Waals surface area (Å²) in [6.45, 7) is 7.60. The van der Waals surface area contributed by atoms with Gasteiger partial charge in [-0.15, -0.1) is 0 Å². The molecule has 0 aromatic heterocycles. The first-order valence-electron chi connectivity index (χ1n) is 4.10. The molecule has 0 bridgehead atoms. The number of hydrogen-bond donors (Lipinski definition) is 0. The van der Waals surface area contributed by atoms with Crippen molar-refractivity contribution in [2.45, 2.75) is 20.3 Å². The van der Waals surface area contributed by atoms with Gasteiger partial charge in [-0.2, -0.15) is 0 Å². The van der Waals surface area contributed by atoms with Crippen molar-refractivity contribution in [3.05, 3.63) is 41.7 Å². The Balaban J connectivity index is 3.29. The monoisotopic (exact) mass is 164 g/mol. The van der Waals surface area contributed by atoms with Gasteiger partial charge < -0.3 is 0 Å². The Kier molecular flexibility index (Phi) is 2.64. The lowest BCUT2D eigenvalue weighted by Crippen LogP contribution is -1.93. The van der Waals surface area contributed by atoms with Gasteiger partial charge in [0, 0.05) is 5.56 Å². The second kappa shape index (κ2) is 3.53. The minimum atomic E-state index is -0.165. The summed E-state index contributed by atoms with van der Waals surface area (Å²) in [5.74, 6) is -0.165. The van der Waals surface area contributed by atoms with Crippen LogP contribution in [-0.2, 0) is 6.42 Å². The lowest BCUT2D eigenvalue weighted by molar-refractivity contribution is 0.621. The Morgan fingerprint density at radius 2 is 2.17 bits per heavy atom. The topological polar surface area (TPSA) is 0 Å². The van der Waals surface area contributed by atoms with Crippen LogP contribution < -0.4 is 0 Å². The van der Waals surface area contributed by atoms with Gasteiger partial charge in [-0.1, -0.05) is 25.6 Å². The van der Waals surface area contributed by atoms with Gasteiger partial charge in [-0.25, -0.2) is 4.39 Å². The van der Waals surface area contributed by atoms with E-state index < -0.39 is 0 Å². The molecule has 0 saturated heterocycles. The third kappa shape index (κ3) is 1.55. The fourth-order valence-corrected chi connectivity index (χ4v) is 1.34. The molecule has 0 aliphatic rings. The fraction of sp³-hybridized carbons (Fsp3) is 0.273. The zero-order chi connectivity index (χ0) is 9.14. The maximum atomic E-state index is 13.2. The summed E-state index contributed by atoms with van der Waals surface area (Å²) in [5.41, 5.74) is 2.51. The van der Waals surface area contributed by atoms with Gasteiger partial charge in [0.2, 0.25) is 0 Å². The van der Waals surface area contributed by atoms with Crippen molar-refractivity contribution in [2.75, 3.05) is 0 Å². The van der Waals surface area contributed by atoms with Gasteiger partial charge in [0.1, 0.15) is 5.82 Å². The predicted molar refractivity (Wildman–Crippen MR) is 50.5 cm³/mol. The molecule has 0 aliphatic heterocycles. The van der Waals surface area contributed by atoms with Gasteiger partial charge in [-0.3, -0.25) is 0 Å². The van der Waals surface area contributed by atoms with E-state index in [0.29, 0.717) is 5.56 Å². The first kappa shape index (κ1) is 8.98. The van der Waals surface area contributed by atoms with Gasteiger partial charge >= 0.3 is 0 Å². The molecule has 64 valence electrons. The second-order valence-electron chi connectivity index (χ2n) is 2.91. The molecule has 1 heteroatoms. The number of rotatable bonds is 2. The van der Waals surface area contributed by atoms with Crippen LogP contribution in [0.15, 0.2) is 24.8 Å². The summed E-state index contributed by atoms with van der Waals surface area (Å²) in [4.78, 5) is 0. The van der Waals surface area contributed by atoms with Crippen molar-refractivity contribution in [2.24, 2.45) is 0 Å². The van der Waals surface area contributed by atoms with E-state index in [-0.39, 0.29) is 5.82 Å². The third-order valence-corrected chi connectivity index (χ3v) is 1.91. The van der Waals surface area contributed by atoms with Crippen LogP contribution in [0, 0.1) is 5.82 Å². The van der Waals surface area contributed by atoms with Crippen molar-refractivity contribution in [3.63, 3.8) is 0 Å². The summed E-state index contributed by atoms with van der Waals surface area (Å²) in [5, 5.41) is 0. The lowest BCUT2D eigenvalue weighted by atomic mass is 10.00. The molecule has 0 aliphatic carbocycles. The van der Waals surface area contributed by atoms with Crippen LogP contribution in [0.25, 0.3) is 5.57 Å². The van der Waals surface area contributed by atoms with Crippen LogP contribution in [0.3, 0.4) is 0 Å². The van der Waals surface area contributed by atoms with Gasteiger partial charge in [0.25, 0.3) is 0 Å². The van der Waals surface area contributed by atoms with Crippen LogP contribution in [0.2, 0.25) is 0 Å². The zero-order valence-electron chi connectivity index (χ0n) is 7.52. The fourth-order valence-electron chi connectivity index (χ4n) is 1.34. The molecule has 0 amide bonds. The number of halogens is 1. The highest BCUT2D eigenvalue weighted by atomic mass is 19.1. The highest BCUT2D eigenvalue weighted by molar-refractivity contribution is 5.65. The zero-order valence-corrected chi connectivity index (χ0v) is 7.52. The number of hydrogen-bond acceptors (Lipinski definition) is 0. The molecular weight excluding hydrogens is 151 g/mol. The van der Waals surface area contributed by atoms with E-state index in [1.165, 1.54) is 6.07 Å². The Morgan fingerprint density at radius 3 is 2.58 bits per heavy atom. The molecule has 0 unspecified atom stereocenters. The maximum Gasteiger partial charge on any atom is 0.130 e. The quantitative estimate of drug-likeness (QED) is 0.628. The Morgan fingerprint density at radius 1 is 1.50 bits per heavy atom. The molecule has 1 rings (SSSR count). The van der Waals surface area contributed by atoms with E-state index in [2.05, 4.69) is 6.58 Å². The predicted octanol–water partition coefficient (Wildman–Crippen LogP) is 3.42. The molecule has 0 heterocycles. The summed E-state index contributed by atoms with van der Waals surface area (Å²) in [7, 11) is 0. The third-order valence-electron chi connectivity index (χ3n) is 1.91. The first-order chi connectivity index (χ1) is 5.66. The minimum Gasteiger partial charge on any atom is -0.206 e. The Bertz CT molecular complexity index is 300. The van der Waals surface area contributed by atoms with Gasteiger partial charge in [0.15, 0.2) is 0 Å². The number of allylic oxidation sites excluding steroid dienone is 1. The first-order valence-corrected chi connectivity index (χ1v) is 4.10. The summed E-state index contributed by atoms with van der Waals surface area (Å²) in [6, 6.07) is 5.15. The molecule has 0 saturated carbocycles. The highest BCUT2D eigenvalue weighted by Crippen LogP contribution is 2.21. The molecule has 1 aromatic rings. The summed E-state index contributed by atoms with van der Waals surface area (Å²) in [6.07, 6.45) is 0.847. The largest absolute Gasteiger partial charge is 0.206 e. The molecule has 0 N–H and O–H groups in total. The van der Waals surface area contributed by atoms with Crippen molar-refractivity contribution < 1.29 is 4.39 Å². The van der Waals surface area contributed by atoms with E-state index in [1.807, 2.05) is 19.9 Å². The number of benzene rings is 1. The van der Waals surface area contributed by atoms with E-state index in [4.69, 9.17) is 0 Å². The van der Waals surface area contributed by atoms with Crippen LogP contribution in [0.1, 0.15) is 25.0 Å². The van der Waals surface area contributed by atoms with Crippen molar-refractivity contribution >= 4 is 5.57 Å². The van der Waals surface area contributed by atoms with Crippen molar-refractivity contribution in [1.82, 2.24) is 0 Å². The minimum absolute atomic E-state index is 0.165. The lowest BCUT2D eigenvalue weighted by Gasteiger charge is -2.07. The molecule has 0 atom stereocenters. The summed E-state index contributed by atoms with van der Waals surface area (Å²) < 4.78 is 13.2. The highest BCUT2D eigenvalue weighted by Gasteiger charge is 2.06. The van der Waals surface area contributed by atoms with Crippen molar-refractivity contribution in [1.29, 1.82) is 0 Å². The second-order valence-corrected chi connectivity index (χ2v) is 2.91. The molecule has 0 spiro atoms. The summed E-state index contributed by atoms with van der Waals surface area (Å²) >= 11 is 0. The van der Waals surface area contributed by atoms with E-state index in [1.54, 1.807) is 6.07 Å². The average molecular weight is 164 g/mol. The van der Waals surface area contributed by atoms with Crippen LogP contribution in [0.4, 0.5) is 4.39 Å². The van der Waals surface area contributed by atoms with Gasteiger partial charge in [-0.05, 0) is 30.5 Å². The molecule has 1 aromatic carbocycles. The van der Waals surface area contributed by atoms with Crippen molar-refractivity contribution in [3.8, 4) is 0 Å². The Hall–Kier alpha value is -1.11. The molecule has 0 radical (unpaired) electrons. The van der Waals surface area contributed by atoms with Gasteiger partial charge in [0.05, 0.1) is 0 Å². The smallest absolute Gasteiger partial charge is 0.130 e. The van der Waals surface area contributed by atoms with E-state index in [9.17, 15) is 4.39 Å². The molecular formula is C11H13F. The standard InChI is InChI=1S/C11H13F/c1-4-9-6-5-7-10(12)11(9)8(2)3/h5-7H,2,4H2,1,3H3. The maximum absolute atomic E-state index is 13.2. The van der Waals surface area contributed by atoms with Crippen LogP contribution >= 0.6 is 0 Å². The normalized spacial score (nSPS) is 9.92. The molecule has 0 fully saturated rings. The number of aryl methyl sites for hydroxylation is 1.